The van der Waals surface area contributed by atoms with Gasteiger partial charge in [0, 0.05) is 26.8 Å². The normalized spacial score (nSPS) is 11.5. The number of primary sulfonamides is 1. The first kappa shape index (κ1) is 46.0. The molecule has 0 amide bonds. The van der Waals surface area contributed by atoms with Crippen LogP contribution < -0.4 is 56.1 Å². The molecule has 0 aliphatic rings. The van der Waals surface area contributed by atoms with E-state index < -0.39 is 36.9 Å². The molecule has 1 radical (unpaired) electrons. The van der Waals surface area contributed by atoms with Gasteiger partial charge in [-0.2, -0.15) is 13.5 Å². The number of aryl methyl sites for hydroxylation is 2. The summed E-state index contributed by atoms with van der Waals surface area (Å²) in [6.07, 6.45) is 0. The maximum absolute atomic E-state index is 12.7. The van der Waals surface area contributed by atoms with E-state index >= 15 is 0 Å². The van der Waals surface area contributed by atoms with Crippen LogP contribution in [0.3, 0.4) is 0 Å². The number of quaternary nitrogens is 1. The standard InChI is InChI=1S/2C16H14ClN5O4S.Co.Na/c2*1-9-15(20-19-11-8-10(17)6-7-13(11)23)16(24)22(21-9)12-4-2-3-5-14(12)27(18,25)26;;/h2*2-8,21,23H,1H3,(H2,18,25,26);;/q;;;+1. The Morgan fingerprint density at radius 1 is 0.714 bits per heavy atom. The Morgan fingerprint density at radius 2 is 1.14 bits per heavy atom. The Balaban J connectivity index is 0.000000290. The Labute approximate surface area is 360 Å². The van der Waals surface area contributed by atoms with Crippen LogP contribution in [0.25, 0.3) is 11.4 Å². The predicted octanol–water partition coefficient (Wildman–Crippen LogP) is 1.44. The van der Waals surface area contributed by atoms with E-state index in [9.17, 15) is 36.6 Å². The van der Waals surface area contributed by atoms with E-state index in [4.69, 9.17) is 28.3 Å². The van der Waals surface area contributed by atoms with Crippen molar-refractivity contribution in [1.29, 1.82) is 0 Å². The van der Waals surface area contributed by atoms with Gasteiger partial charge in [0.1, 0.15) is 21.2 Å². The molecule has 0 saturated carbocycles. The van der Waals surface area contributed by atoms with Crippen LogP contribution in [0.5, 0.6) is 11.5 Å². The van der Waals surface area contributed by atoms with Crippen molar-refractivity contribution < 1.29 is 78.5 Å². The summed E-state index contributed by atoms with van der Waals surface area (Å²) in [5.41, 5.74) is -0.466. The van der Waals surface area contributed by atoms with Crippen LogP contribution in [-0.2, 0) is 36.8 Å². The summed E-state index contributed by atoms with van der Waals surface area (Å²) in [5.74, 6) is -0.554. The zero-order valence-corrected chi connectivity index (χ0v) is 35.4. The second-order valence-corrected chi connectivity index (χ2v) is 15.3. The quantitative estimate of drug-likeness (QED) is 0.110. The molecule has 0 spiro atoms. The van der Waals surface area contributed by atoms with Crippen molar-refractivity contribution >= 4 is 66.0 Å². The third-order valence-electron chi connectivity index (χ3n) is 7.31. The number of phenols is 1. The Bertz CT molecular complexity index is 2630. The van der Waals surface area contributed by atoms with E-state index in [1.165, 1.54) is 72.8 Å². The number of H-pyrrole nitrogens is 2. The van der Waals surface area contributed by atoms with Crippen molar-refractivity contribution in [3.63, 3.8) is 0 Å². The number of sulfonamides is 2. The minimum Gasteiger partial charge on any atom is -0.871 e. The van der Waals surface area contributed by atoms with Crippen LogP contribution in [0.1, 0.15) is 11.4 Å². The number of rotatable bonds is 8. The van der Waals surface area contributed by atoms with E-state index in [0.29, 0.717) is 21.4 Å². The van der Waals surface area contributed by atoms with Gasteiger partial charge in [0.05, 0.1) is 28.5 Å². The smallest absolute Gasteiger partial charge is 0.871 e. The van der Waals surface area contributed by atoms with Crippen LogP contribution in [0.2, 0.25) is 10.0 Å². The van der Waals surface area contributed by atoms with Gasteiger partial charge < -0.3 is 10.2 Å². The summed E-state index contributed by atoms with van der Waals surface area (Å²) in [7, 11) is -7.86. The summed E-state index contributed by atoms with van der Waals surface area (Å²) in [5, 5.41) is 51.4. The average Bonchev–Trinajstić information content (AvgIpc) is 3.56. The molecule has 8 N–H and O–H groups in total. The number of hydrogen-bond donors (Lipinski definition) is 5. The second kappa shape index (κ2) is 18.7. The fourth-order valence-electron chi connectivity index (χ4n) is 4.79. The van der Waals surface area contributed by atoms with Gasteiger partial charge in [0.25, 0.3) is 11.1 Å². The fraction of sp³-hybridized carbons (Fsp3) is 0.0625. The molecule has 6 aromatic rings. The molecule has 24 heteroatoms. The van der Waals surface area contributed by atoms with Crippen LogP contribution in [-0.4, -0.2) is 41.5 Å². The monoisotopic (exact) mass is 896 g/mol. The number of nitrogens with two attached hydrogens (primary N) is 1. The van der Waals surface area contributed by atoms with Crippen molar-refractivity contribution in [3.8, 4) is 22.9 Å². The number of hydrogen-bond acceptors (Lipinski definition) is 12. The molecule has 0 unspecified atom stereocenters. The largest absolute Gasteiger partial charge is 1.00 e. The zero-order chi connectivity index (χ0) is 39.5. The molecule has 2 aromatic heterocycles. The van der Waals surface area contributed by atoms with Crippen molar-refractivity contribution in [2.45, 2.75) is 23.6 Å². The number of aromatic hydroxyl groups is 1. The van der Waals surface area contributed by atoms with Crippen LogP contribution >= 0.6 is 23.2 Å². The minimum atomic E-state index is -4.06. The molecule has 6 rings (SSSR count). The van der Waals surface area contributed by atoms with Crippen molar-refractivity contribution in [1.82, 2.24) is 19.6 Å². The van der Waals surface area contributed by atoms with Gasteiger partial charge >= 0.3 is 39.6 Å². The number of benzene rings is 4. The molecular weight excluding hydrogens is 869 g/mol. The van der Waals surface area contributed by atoms with Gasteiger partial charge in [-0.05, 0) is 68.4 Å². The number of phenolic OH excluding ortho intramolecular Hbond substituents is 1. The molecule has 0 aliphatic carbocycles. The van der Waals surface area contributed by atoms with Crippen LogP contribution in [0.4, 0.5) is 22.7 Å². The first-order valence-electron chi connectivity index (χ1n) is 15.1. The minimum absolute atomic E-state index is 0. The van der Waals surface area contributed by atoms with E-state index in [0.717, 1.165) is 9.36 Å². The Hall–Kier alpha value is -4.39. The van der Waals surface area contributed by atoms with E-state index in [1.807, 2.05) is 0 Å². The number of nitrogens with one attached hydrogen (secondary N) is 2. The van der Waals surface area contributed by atoms with Gasteiger partial charge in [-0.15, -0.1) is 15.3 Å². The Kier molecular flexibility index (Phi) is 15.4. The fourth-order valence-corrected chi connectivity index (χ4v) is 6.61. The number of para-hydroxylation sites is 2. The summed E-state index contributed by atoms with van der Waals surface area (Å²) >= 11 is 11.7. The molecule has 4 aromatic carbocycles. The molecular formula is C32H28Cl2CoN10NaO8S2+. The average molecular weight is 898 g/mol. The van der Waals surface area contributed by atoms with Gasteiger partial charge in [0.2, 0.25) is 10.0 Å². The van der Waals surface area contributed by atoms with E-state index in [1.54, 1.807) is 26.0 Å². The number of aromatic nitrogens is 4. The van der Waals surface area contributed by atoms with Crippen molar-refractivity contribution in [2.24, 2.45) is 25.6 Å². The number of halogens is 2. The number of nitrogens with zero attached hydrogens (tertiary/aromatic N) is 6. The molecule has 0 atom stereocenters. The van der Waals surface area contributed by atoms with Gasteiger partial charge in [0.15, 0.2) is 11.4 Å². The first-order valence-corrected chi connectivity index (χ1v) is 19.0. The molecule has 289 valence electrons. The topological polar surface area (TPSA) is 290 Å². The van der Waals surface area contributed by atoms with Gasteiger partial charge in [-0.25, -0.2) is 28.1 Å². The molecule has 56 heavy (non-hydrogen) atoms. The molecule has 18 nitrogen and oxygen atoms in total. The van der Waals surface area contributed by atoms with Crippen molar-refractivity contribution in [3.05, 3.63) is 127 Å². The second-order valence-electron chi connectivity index (χ2n) is 11.2. The van der Waals surface area contributed by atoms with E-state index in [-0.39, 0.29) is 96.0 Å². The predicted molar refractivity (Wildman–Crippen MR) is 196 cm³/mol. The van der Waals surface area contributed by atoms with Crippen LogP contribution in [0.15, 0.2) is 125 Å². The first-order chi connectivity index (χ1) is 25.4. The molecule has 0 saturated heterocycles. The third kappa shape index (κ3) is 10.5. The molecule has 2 heterocycles. The summed E-state index contributed by atoms with van der Waals surface area (Å²) in [6, 6.07) is 19.9. The Morgan fingerprint density at radius 3 is 1.64 bits per heavy atom. The van der Waals surface area contributed by atoms with Crippen molar-refractivity contribution in [2.75, 3.05) is 0 Å². The maximum Gasteiger partial charge on any atom is 1.00 e. The number of aromatic amines is 2. The van der Waals surface area contributed by atoms with E-state index in [2.05, 4.69) is 35.8 Å². The summed E-state index contributed by atoms with van der Waals surface area (Å²) in [6.45, 7) is 3.15. The molecule has 0 fully saturated rings. The molecule has 0 bridgehead atoms. The third-order valence-corrected chi connectivity index (χ3v) is 9.75. The maximum atomic E-state index is 12.7. The zero-order valence-electron chi connectivity index (χ0n) is 29.3. The van der Waals surface area contributed by atoms with Crippen LogP contribution in [0, 0.1) is 13.8 Å². The number of azo groups is 2. The summed E-state index contributed by atoms with van der Waals surface area (Å²) < 4.78 is 49.4. The van der Waals surface area contributed by atoms with Gasteiger partial charge in [-0.3, -0.25) is 19.8 Å². The van der Waals surface area contributed by atoms with Gasteiger partial charge in [-0.1, -0.05) is 59.3 Å². The summed E-state index contributed by atoms with van der Waals surface area (Å²) in [4.78, 5) is 25.1. The molecule has 0 aliphatic heterocycles. The SMILES string of the molecule is Cc1[nH]n(-c2ccccc2S(N)(=O)=O)c(=O)c1N=Nc1cc(Cl)ccc1[O-].Cc1[nH]n(-c2ccccc2S([NH3+])(=O)=O)c(=O)c1N=Nc1cc(Cl)ccc1O.[Co].[Na+].